The number of hydrogen-bond donors (Lipinski definition) is 1. The summed E-state index contributed by atoms with van der Waals surface area (Å²) in [6, 6.07) is 7.91. The predicted octanol–water partition coefficient (Wildman–Crippen LogP) is 2.38. The summed E-state index contributed by atoms with van der Waals surface area (Å²) in [5, 5.41) is 3.28. The maximum absolute atomic E-state index is 12.0. The standard InChI is InChI=1S/C15H24N2O2S/c1-3-17(13-9-10-13)12-11-16-14-7-5-6-8-15(14)20(18,19)4-2/h5-8,13,16H,3-4,9-12H2,1-2H3. The first-order valence-electron chi connectivity index (χ1n) is 7.38. The molecule has 1 fully saturated rings. The van der Waals surface area contributed by atoms with Crippen molar-refractivity contribution in [1.82, 2.24) is 4.90 Å². The van der Waals surface area contributed by atoms with Crippen LogP contribution in [0.25, 0.3) is 0 Å². The molecular weight excluding hydrogens is 272 g/mol. The maximum Gasteiger partial charge on any atom is 0.180 e. The molecule has 0 aromatic heterocycles. The van der Waals surface area contributed by atoms with Gasteiger partial charge >= 0.3 is 0 Å². The zero-order chi connectivity index (χ0) is 14.6. The lowest BCUT2D eigenvalue weighted by atomic mass is 10.3. The minimum Gasteiger partial charge on any atom is -0.383 e. The molecule has 20 heavy (non-hydrogen) atoms. The average Bonchev–Trinajstić information content (AvgIpc) is 3.28. The van der Waals surface area contributed by atoms with Crippen LogP contribution in [0.1, 0.15) is 26.7 Å². The van der Waals surface area contributed by atoms with Crippen LogP contribution in [0.4, 0.5) is 5.69 Å². The predicted molar refractivity (Wildman–Crippen MR) is 82.9 cm³/mol. The maximum atomic E-state index is 12.0. The molecule has 0 bridgehead atoms. The van der Waals surface area contributed by atoms with Gasteiger partial charge in [0.15, 0.2) is 9.84 Å². The van der Waals surface area contributed by atoms with E-state index in [1.165, 1.54) is 12.8 Å². The normalized spacial score (nSPS) is 15.6. The smallest absolute Gasteiger partial charge is 0.180 e. The topological polar surface area (TPSA) is 49.4 Å². The van der Waals surface area contributed by atoms with Crippen molar-refractivity contribution in [1.29, 1.82) is 0 Å². The Morgan fingerprint density at radius 3 is 2.55 bits per heavy atom. The van der Waals surface area contributed by atoms with Crippen molar-refractivity contribution in [3.8, 4) is 0 Å². The molecule has 0 heterocycles. The van der Waals surface area contributed by atoms with Crippen molar-refractivity contribution in [2.24, 2.45) is 0 Å². The van der Waals surface area contributed by atoms with E-state index < -0.39 is 9.84 Å². The molecule has 0 radical (unpaired) electrons. The number of rotatable bonds is 8. The third-order valence-electron chi connectivity index (χ3n) is 3.79. The molecule has 1 N–H and O–H groups in total. The Morgan fingerprint density at radius 1 is 1.25 bits per heavy atom. The fourth-order valence-corrected chi connectivity index (χ4v) is 3.48. The Balaban J connectivity index is 1.99. The van der Waals surface area contributed by atoms with Crippen molar-refractivity contribution in [3.63, 3.8) is 0 Å². The molecule has 1 aliphatic carbocycles. The van der Waals surface area contributed by atoms with Gasteiger partial charge < -0.3 is 5.32 Å². The molecule has 4 nitrogen and oxygen atoms in total. The van der Waals surface area contributed by atoms with Gasteiger partial charge in [0.1, 0.15) is 0 Å². The molecule has 1 aromatic carbocycles. The summed E-state index contributed by atoms with van der Waals surface area (Å²) in [6.07, 6.45) is 2.60. The summed E-state index contributed by atoms with van der Waals surface area (Å²) in [5.74, 6) is 0.134. The second kappa shape index (κ2) is 6.59. The van der Waals surface area contributed by atoms with Gasteiger partial charge in [0.25, 0.3) is 0 Å². The Morgan fingerprint density at radius 2 is 1.95 bits per heavy atom. The molecule has 1 aliphatic rings. The summed E-state index contributed by atoms with van der Waals surface area (Å²) in [4.78, 5) is 2.86. The molecule has 0 aliphatic heterocycles. The molecule has 5 heteroatoms. The molecule has 2 rings (SSSR count). The number of anilines is 1. The average molecular weight is 296 g/mol. The number of benzene rings is 1. The molecule has 0 atom stereocenters. The second-order valence-electron chi connectivity index (χ2n) is 5.19. The van der Waals surface area contributed by atoms with Crippen LogP contribution in [0, 0.1) is 0 Å². The van der Waals surface area contributed by atoms with E-state index in [1.54, 1.807) is 19.1 Å². The van der Waals surface area contributed by atoms with E-state index in [4.69, 9.17) is 0 Å². The van der Waals surface area contributed by atoms with E-state index in [0.29, 0.717) is 4.90 Å². The first kappa shape index (κ1) is 15.3. The van der Waals surface area contributed by atoms with E-state index in [2.05, 4.69) is 17.1 Å². The number of para-hydroxylation sites is 1. The van der Waals surface area contributed by atoms with Crippen molar-refractivity contribution in [3.05, 3.63) is 24.3 Å². The number of nitrogens with one attached hydrogen (secondary N) is 1. The van der Waals surface area contributed by atoms with Crippen LogP contribution >= 0.6 is 0 Å². The molecule has 1 aromatic rings. The lowest BCUT2D eigenvalue weighted by Crippen LogP contribution is -2.31. The highest BCUT2D eigenvalue weighted by molar-refractivity contribution is 7.91. The van der Waals surface area contributed by atoms with Gasteiger partial charge in [0, 0.05) is 19.1 Å². The van der Waals surface area contributed by atoms with Crippen LogP contribution in [0.15, 0.2) is 29.2 Å². The van der Waals surface area contributed by atoms with Gasteiger partial charge in [-0.05, 0) is 31.5 Å². The number of sulfone groups is 1. The van der Waals surface area contributed by atoms with Gasteiger partial charge in [0.2, 0.25) is 0 Å². The number of likely N-dealkylation sites (N-methyl/N-ethyl adjacent to an activating group) is 1. The number of hydrogen-bond acceptors (Lipinski definition) is 4. The Kier molecular flexibility index (Phi) is 5.05. The molecule has 1 saturated carbocycles. The largest absolute Gasteiger partial charge is 0.383 e. The highest BCUT2D eigenvalue weighted by atomic mass is 32.2. The van der Waals surface area contributed by atoms with Crippen molar-refractivity contribution in [2.75, 3.05) is 30.7 Å². The molecule has 0 unspecified atom stereocenters. The van der Waals surface area contributed by atoms with Gasteiger partial charge in [-0.25, -0.2) is 8.42 Å². The monoisotopic (exact) mass is 296 g/mol. The van der Waals surface area contributed by atoms with Crippen LogP contribution in [-0.4, -0.2) is 44.7 Å². The minimum atomic E-state index is -3.17. The van der Waals surface area contributed by atoms with Gasteiger partial charge in [-0.2, -0.15) is 0 Å². The lowest BCUT2D eigenvalue weighted by molar-refractivity contribution is 0.289. The van der Waals surface area contributed by atoms with Crippen LogP contribution < -0.4 is 5.32 Å². The first-order chi connectivity index (χ1) is 9.58. The Labute approximate surface area is 122 Å². The van der Waals surface area contributed by atoms with E-state index >= 15 is 0 Å². The zero-order valence-corrected chi connectivity index (χ0v) is 13.1. The highest BCUT2D eigenvalue weighted by Gasteiger charge is 2.27. The summed E-state index contributed by atoms with van der Waals surface area (Å²) in [5.41, 5.74) is 0.723. The molecule has 0 saturated heterocycles. The third-order valence-corrected chi connectivity index (χ3v) is 5.57. The quantitative estimate of drug-likeness (QED) is 0.800. The van der Waals surface area contributed by atoms with Crippen LogP contribution in [0.2, 0.25) is 0 Å². The summed E-state index contributed by atoms with van der Waals surface area (Å²) in [7, 11) is -3.17. The first-order valence-corrected chi connectivity index (χ1v) is 9.03. The van der Waals surface area contributed by atoms with E-state index in [9.17, 15) is 8.42 Å². The fraction of sp³-hybridized carbons (Fsp3) is 0.600. The Bertz CT molecular complexity index is 539. The molecule has 112 valence electrons. The van der Waals surface area contributed by atoms with Crippen LogP contribution in [0.5, 0.6) is 0 Å². The molecule has 0 amide bonds. The number of nitrogens with zero attached hydrogens (tertiary/aromatic N) is 1. The second-order valence-corrected chi connectivity index (χ2v) is 7.43. The van der Waals surface area contributed by atoms with Crippen molar-refractivity contribution in [2.45, 2.75) is 37.6 Å². The lowest BCUT2D eigenvalue weighted by Gasteiger charge is -2.20. The summed E-state index contributed by atoms with van der Waals surface area (Å²) < 4.78 is 24.1. The minimum absolute atomic E-state index is 0.134. The van der Waals surface area contributed by atoms with Gasteiger partial charge in [-0.15, -0.1) is 0 Å². The summed E-state index contributed by atoms with van der Waals surface area (Å²) in [6.45, 7) is 6.65. The SMILES string of the molecule is CCN(CCNc1ccccc1S(=O)(=O)CC)C1CC1. The van der Waals surface area contributed by atoms with Gasteiger partial charge in [-0.3, -0.25) is 4.90 Å². The molecular formula is C15H24N2O2S. The van der Waals surface area contributed by atoms with E-state index in [1.807, 2.05) is 12.1 Å². The third kappa shape index (κ3) is 3.73. The van der Waals surface area contributed by atoms with Gasteiger partial charge in [-0.1, -0.05) is 26.0 Å². The fourth-order valence-electron chi connectivity index (χ4n) is 2.41. The van der Waals surface area contributed by atoms with E-state index in [-0.39, 0.29) is 5.75 Å². The van der Waals surface area contributed by atoms with Crippen molar-refractivity contribution < 1.29 is 8.42 Å². The Hall–Kier alpha value is -1.07. The van der Waals surface area contributed by atoms with Crippen molar-refractivity contribution >= 4 is 15.5 Å². The van der Waals surface area contributed by atoms with Crippen LogP contribution in [0.3, 0.4) is 0 Å². The molecule has 0 spiro atoms. The highest BCUT2D eigenvalue weighted by Crippen LogP contribution is 2.26. The van der Waals surface area contributed by atoms with Gasteiger partial charge in [0.05, 0.1) is 16.3 Å². The van der Waals surface area contributed by atoms with Crippen LogP contribution in [-0.2, 0) is 9.84 Å². The zero-order valence-electron chi connectivity index (χ0n) is 12.3. The van der Waals surface area contributed by atoms with E-state index in [0.717, 1.165) is 31.4 Å². The summed E-state index contributed by atoms with van der Waals surface area (Å²) >= 11 is 0.